The molecule has 0 aliphatic heterocycles. The molecular weight excluding hydrogens is 457 g/mol. The SMILES string of the molecule is Cc1ccc(CC(C)(C)NC[C@H](O)COC(C)c2ccccc2-c2ccc(C(=O)O)c(C)c2)c(F)c1. The van der Waals surface area contributed by atoms with Crippen molar-refractivity contribution in [2.45, 2.75) is 58.8 Å². The third-order valence-corrected chi connectivity index (χ3v) is 6.36. The van der Waals surface area contributed by atoms with Crippen molar-refractivity contribution >= 4 is 5.97 Å². The number of nitrogens with one attached hydrogen (secondary N) is 1. The van der Waals surface area contributed by atoms with E-state index < -0.39 is 17.6 Å². The molecule has 0 amide bonds. The molecule has 3 aromatic rings. The molecule has 0 aliphatic rings. The maximum absolute atomic E-state index is 14.3. The van der Waals surface area contributed by atoms with Crippen molar-refractivity contribution < 1.29 is 24.1 Å². The van der Waals surface area contributed by atoms with Crippen LogP contribution in [0.5, 0.6) is 0 Å². The molecular formula is C30H36FNO4. The number of hydrogen-bond acceptors (Lipinski definition) is 4. The van der Waals surface area contributed by atoms with Gasteiger partial charge >= 0.3 is 5.97 Å². The summed E-state index contributed by atoms with van der Waals surface area (Å²) < 4.78 is 20.3. The van der Waals surface area contributed by atoms with Gasteiger partial charge in [0.25, 0.3) is 0 Å². The molecule has 6 heteroatoms. The zero-order valence-corrected chi connectivity index (χ0v) is 21.6. The number of ether oxygens (including phenoxy) is 1. The number of carbonyl (C=O) groups is 1. The van der Waals surface area contributed by atoms with Crippen molar-refractivity contribution in [1.29, 1.82) is 0 Å². The second-order valence-electron chi connectivity index (χ2n) is 10.1. The molecule has 3 N–H and O–H groups in total. The van der Waals surface area contributed by atoms with Crippen LogP contribution in [0, 0.1) is 19.7 Å². The molecule has 192 valence electrons. The van der Waals surface area contributed by atoms with Crippen molar-refractivity contribution in [3.05, 3.63) is 94.3 Å². The summed E-state index contributed by atoms with van der Waals surface area (Å²) in [6.45, 7) is 9.99. The minimum absolute atomic E-state index is 0.133. The molecule has 0 fully saturated rings. The summed E-state index contributed by atoms with van der Waals surface area (Å²) >= 11 is 0. The fourth-order valence-corrected chi connectivity index (χ4v) is 4.32. The number of rotatable bonds is 11. The molecule has 0 radical (unpaired) electrons. The molecule has 3 rings (SSSR count). The third kappa shape index (κ3) is 7.23. The number of halogens is 1. The van der Waals surface area contributed by atoms with E-state index in [4.69, 9.17) is 4.74 Å². The van der Waals surface area contributed by atoms with Gasteiger partial charge in [0, 0.05) is 12.1 Å². The molecule has 5 nitrogen and oxygen atoms in total. The van der Waals surface area contributed by atoms with E-state index in [9.17, 15) is 19.4 Å². The molecule has 0 saturated carbocycles. The van der Waals surface area contributed by atoms with E-state index in [1.54, 1.807) is 19.1 Å². The number of β-amino-alcohol motifs (C(OH)–C–C–N with tert-alkyl or cyclic N) is 1. The normalized spacial score (nSPS) is 13.4. The topological polar surface area (TPSA) is 78.8 Å². The molecule has 1 unspecified atom stereocenters. The summed E-state index contributed by atoms with van der Waals surface area (Å²) in [5.74, 6) is -1.16. The van der Waals surface area contributed by atoms with Crippen LogP contribution in [-0.2, 0) is 11.2 Å². The Morgan fingerprint density at radius 1 is 1.08 bits per heavy atom. The maximum atomic E-state index is 14.3. The Morgan fingerprint density at radius 3 is 2.47 bits per heavy atom. The van der Waals surface area contributed by atoms with Crippen LogP contribution in [0.15, 0.2) is 60.7 Å². The molecule has 3 aromatic carbocycles. The lowest BCUT2D eigenvalue weighted by Crippen LogP contribution is -2.46. The molecule has 0 aromatic heterocycles. The highest BCUT2D eigenvalue weighted by molar-refractivity contribution is 5.90. The maximum Gasteiger partial charge on any atom is 0.335 e. The van der Waals surface area contributed by atoms with Crippen LogP contribution in [0.25, 0.3) is 11.1 Å². The number of aromatic carboxylic acids is 1. The van der Waals surface area contributed by atoms with Gasteiger partial charge in [0.1, 0.15) is 5.82 Å². The number of aryl methyl sites for hydroxylation is 2. The molecule has 0 saturated heterocycles. The van der Waals surface area contributed by atoms with E-state index in [1.165, 1.54) is 6.07 Å². The van der Waals surface area contributed by atoms with E-state index in [-0.39, 0.29) is 24.1 Å². The summed E-state index contributed by atoms with van der Waals surface area (Å²) in [6.07, 6.45) is -0.528. The second-order valence-corrected chi connectivity index (χ2v) is 10.1. The standard InChI is InChI=1S/C30H36FNO4/c1-19-10-11-23(28(31)14-19)16-30(4,5)32-17-24(33)18-36-21(3)26-8-6-7-9-27(26)22-12-13-25(29(34)35)20(2)15-22/h6-15,21,24,32-33H,16-18H2,1-5H3,(H,34,35)/t21?,24-/m0/s1. The lowest BCUT2D eigenvalue weighted by atomic mass is 9.93. The predicted octanol–water partition coefficient (Wildman–Crippen LogP) is 5.86. The van der Waals surface area contributed by atoms with E-state index in [2.05, 4.69) is 5.32 Å². The molecule has 0 spiro atoms. The van der Waals surface area contributed by atoms with Gasteiger partial charge in [-0.2, -0.15) is 0 Å². The Labute approximate surface area is 213 Å². The molecule has 0 heterocycles. The highest BCUT2D eigenvalue weighted by atomic mass is 19.1. The highest BCUT2D eigenvalue weighted by Crippen LogP contribution is 2.31. The van der Waals surface area contributed by atoms with E-state index in [0.717, 1.165) is 22.3 Å². The van der Waals surface area contributed by atoms with E-state index in [1.807, 2.05) is 70.2 Å². The van der Waals surface area contributed by atoms with Gasteiger partial charge < -0.3 is 20.3 Å². The van der Waals surface area contributed by atoms with Gasteiger partial charge in [0.05, 0.1) is 24.4 Å². The zero-order chi connectivity index (χ0) is 26.5. The van der Waals surface area contributed by atoms with Crippen molar-refractivity contribution in [2.24, 2.45) is 0 Å². The number of benzene rings is 3. The number of hydrogen-bond donors (Lipinski definition) is 3. The van der Waals surface area contributed by atoms with Gasteiger partial charge in [-0.3, -0.25) is 0 Å². The number of aliphatic hydroxyl groups excluding tert-OH is 1. The van der Waals surface area contributed by atoms with Crippen LogP contribution < -0.4 is 5.32 Å². The van der Waals surface area contributed by atoms with E-state index in [0.29, 0.717) is 24.1 Å². The zero-order valence-electron chi connectivity index (χ0n) is 21.6. The first kappa shape index (κ1) is 27.5. The van der Waals surface area contributed by atoms with Gasteiger partial charge in [-0.1, -0.05) is 48.5 Å². The first-order chi connectivity index (χ1) is 17.0. The molecule has 36 heavy (non-hydrogen) atoms. The fraction of sp³-hybridized carbons (Fsp3) is 0.367. The van der Waals surface area contributed by atoms with Crippen LogP contribution in [0.3, 0.4) is 0 Å². The Balaban J connectivity index is 1.59. The summed E-state index contributed by atoms with van der Waals surface area (Å²) in [7, 11) is 0. The number of carboxylic acid groups (broad SMARTS) is 1. The smallest absolute Gasteiger partial charge is 0.335 e. The van der Waals surface area contributed by atoms with Gasteiger partial charge in [-0.05, 0) is 86.6 Å². The largest absolute Gasteiger partial charge is 0.478 e. The van der Waals surface area contributed by atoms with Gasteiger partial charge in [0.2, 0.25) is 0 Å². The average molecular weight is 494 g/mol. The van der Waals surface area contributed by atoms with Crippen molar-refractivity contribution in [1.82, 2.24) is 5.32 Å². The van der Waals surface area contributed by atoms with Crippen LogP contribution in [0.4, 0.5) is 4.39 Å². The minimum Gasteiger partial charge on any atom is -0.478 e. The average Bonchev–Trinajstić information content (AvgIpc) is 2.82. The minimum atomic E-state index is -0.946. The van der Waals surface area contributed by atoms with Crippen LogP contribution >= 0.6 is 0 Å². The van der Waals surface area contributed by atoms with Crippen LogP contribution in [0.2, 0.25) is 0 Å². The first-order valence-electron chi connectivity index (χ1n) is 12.2. The Bertz CT molecular complexity index is 1210. The van der Waals surface area contributed by atoms with Crippen molar-refractivity contribution in [3.8, 4) is 11.1 Å². The van der Waals surface area contributed by atoms with Gasteiger partial charge in [-0.25, -0.2) is 9.18 Å². The second kappa shape index (κ2) is 11.8. The van der Waals surface area contributed by atoms with Crippen molar-refractivity contribution in [3.63, 3.8) is 0 Å². The predicted molar refractivity (Wildman–Crippen MR) is 141 cm³/mol. The summed E-state index contributed by atoms with van der Waals surface area (Å²) in [6, 6.07) is 18.4. The monoisotopic (exact) mass is 493 g/mol. The van der Waals surface area contributed by atoms with E-state index >= 15 is 0 Å². The number of aliphatic hydroxyl groups is 1. The van der Waals surface area contributed by atoms with Crippen molar-refractivity contribution in [2.75, 3.05) is 13.2 Å². The lowest BCUT2D eigenvalue weighted by Gasteiger charge is -2.28. The highest BCUT2D eigenvalue weighted by Gasteiger charge is 2.22. The van der Waals surface area contributed by atoms with Gasteiger partial charge in [0.15, 0.2) is 0 Å². The summed E-state index contributed by atoms with van der Waals surface area (Å²) in [5.41, 5.74) is 4.92. The third-order valence-electron chi connectivity index (χ3n) is 6.36. The fourth-order valence-electron chi connectivity index (χ4n) is 4.32. The lowest BCUT2D eigenvalue weighted by molar-refractivity contribution is -0.00398. The first-order valence-corrected chi connectivity index (χ1v) is 12.2. The Kier molecular flexibility index (Phi) is 9.01. The number of carboxylic acids is 1. The molecule has 0 aliphatic carbocycles. The Hall–Kier alpha value is -3.06. The Morgan fingerprint density at radius 2 is 1.81 bits per heavy atom. The van der Waals surface area contributed by atoms with Gasteiger partial charge in [-0.15, -0.1) is 0 Å². The summed E-state index contributed by atoms with van der Waals surface area (Å²) in [5, 5.41) is 23.2. The quantitative estimate of drug-likeness (QED) is 0.312. The molecule has 2 atom stereocenters. The van der Waals surface area contributed by atoms with Crippen LogP contribution in [0.1, 0.15) is 59.5 Å². The summed E-state index contributed by atoms with van der Waals surface area (Å²) in [4.78, 5) is 11.4. The molecule has 0 bridgehead atoms. The van der Waals surface area contributed by atoms with Crippen LogP contribution in [-0.4, -0.2) is 41.0 Å².